The van der Waals surface area contributed by atoms with Crippen LogP contribution in [0.15, 0.2) is 23.8 Å². The van der Waals surface area contributed by atoms with Crippen molar-refractivity contribution in [2.75, 3.05) is 13.7 Å². The Morgan fingerprint density at radius 2 is 2.53 bits per heavy atom. The van der Waals surface area contributed by atoms with Crippen molar-refractivity contribution in [2.24, 2.45) is 5.73 Å². The fourth-order valence-corrected chi connectivity index (χ4v) is 1.23. The molecule has 0 radical (unpaired) electrons. The van der Waals surface area contributed by atoms with Gasteiger partial charge in [-0.05, 0) is 20.9 Å². The monoisotopic (exact) mass is 209 g/mol. The molecule has 1 aliphatic heterocycles. The number of allylic oxidation sites excluding steroid dienone is 2. The number of quaternary nitrogens is 1. The zero-order chi connectivity index (χ0) is 11.4. The lowest BCUT2D eigenvalue weighted by atomic mass is 10.5. The maximum atomic E-state index is 5.54. The van der Waals surface area contributed by atoms with E-state index in [9.17, 15) is 0 Å². The number of nitrogens with zero attached hydrogens (tertiary/aromatic N) is 4. The molecule has 6 nitrogen and oxygen atoms in total. The molecule has 0 amide bonds. The van der Waals surface area contributed by atoms with Crippen LogP contribution in [0.25, 0.3) is 10.5 Å². The maximum Gasteiger partial charge on any atom is 0.305 e. The van der Waals surface area contributed by atoms with E-state index in [0.29, 0.717) is 12.4 Å². The Hall–Kier alpha value is -1.71. The summed E-state index contributed by atoms with van der Waals surface area (Å²) in [7, 11) is 1.90. The van der Waals surface area contributed by atoms with Gasteiger partial charge < -0.3 is 21.3 Å². The zero-order valence-electron chi connectivity index (χ0n) is 9.31. The van der Waals surface area contributed by atoms with Gasteiger partial charge >= 0.3 is 6.57 Å². The zero-order valence-corrected chi connectivity index (χ0v) is 9.31. The summed E-state index contributed by atoms with van der Waals surface area (Å²) in [4.78, 5) is 3.59. The Bertz CT molecular complexity index is 322. The molecule has 0 fully saturated rings. The first kappa shape index (κ1) is 11.4. The van der Waals surface area contributed by atoms with Crippen LogP contribution in [-0.4, -0.2) is 23.7 Å². The van der Waals surface area contributed by atoms with Crippen LogP contribution in [0.2, 0.25) is 0 Å². The molecule has 15 heavy (non-hydrogen) atoms. The Balaban J connectivity index is 2.56. The van der Waals surface area contributed by atoms with E-state index in [1.165, 1.54) is 0 Å². The molecule has 6 heteroatoms. The van der Waals surface area contributed by atoms with E-state index < -0.39 is 0 Å². The second-order valence-corrected chi connectivity index (χ2v) is 3.49. The summed E-state index contributed by atoms with van der Waals surface area (Å²) < 4.78 is 0. The third kappa shape index (κ3) is 3.16. The number of nitrogens with one attached hydrogen (secondary N) is 1. The first-order valence-electron chi connectivity index (χ1n) is 4.64. The minimum absolute atomic E-state index is 0.521. The largest absolute Gasteiger partial charge is 0.428 e. The minimum atomic E-state index is 0.521. The van der Waals surface area contributed by atoms with E-state index in [1.807, 2.05) is 25.2 Å². The smallest absolute Gasteiger partial charge is 0.305 e. The molecule has 0 aromatic heterocycles. The van der Waals surface area contributed by atoms with E-state index in [-0.39, 0.29) is 0 Å². The summed E-state index contributed by atoms with van der Waals surface area (Å²) in [6.45, 7) is 9.52. The quantitative estimate of drug-likeness (QED) is 0.635. The van der Waals surface area contributed by atoms with Crippen molar-refractivity contribution in [1.82, 2.24) is 10.0 Å². The molecule has 1 rings (SSSR count). The predicted molar refractivity (Wildman–Crippen MR) is 58.8 cm³/mol. The molecule has 3 N–H and O–H groups in total. The molecular formula is C9H17N6+. The molecular weight excluding hydrogens is 192 g/mol. The van der Waals surface area contributed by atoms with Gasteiger partial charge in [0.25, 0.3) is 0 Å². The molecule has 1 aliphatic rings. The maximum absolute atomic E-state index is 5.54. The summed E-state index contributed by atoms with van der Waals surface area (Å²) in [5.41, 5.74) is 11.6. The van der Waals surface area contributed by atoms with Crippen LogP contribution in [-0.2, 0) is 0 Å². The van der Waals surface area contributed by atoms with Crippen molar-refractivity contribution in [1.29, 1.82) is 0 Å². The lowest BCUT2D eigenvalue weighted by molar-refractivity contribution is -0.818. The van der Waals surface area contributed by atoms with Crippen LogP contribution in [0.4, 0.5) is 0 Å². The van der Waals surface area contributed by atoms with E-state index in [0.717, 1.165) is 10.7 Å². The molecule has 0 spiro atoms. The molecule has 1 unspecified atom stereocenters. The van der Waals surface area contributed by atoms with Crippen molar-refractivity contribution in [3.8, 4) is 6.57 Å². The van der Waals surface area contributed by atoms with E-state index in [1.54, 1.807) is 18.1 Å². The van der Waals surface area contributed by atoms with Crippen molar-refractivity contribution < 1.29 is 5.01 Å². The average molecular weight is 209 g/mol. The Morgan fingerprint density at radius 3 is 2.93 bits per heavy atom. The van der Waals surface area contributed by atoms with Crippen molar-refractivity contribution >= 4 is 0 Å². The highest BCUT2D eigenvalue weighted by Crippen LogP contribution is 2.05. The second kappa shape index (κ2) is 4.68. The fourth-order valence-electron chi connectivity index (χ4n) is 1.23. The van der Waals surface area contributed by atoms with Crippen LogP contribution in [0, 0.1) is 6.57 Å². The normalized spacial score (nSPS) is 21.2. The lowest BCUT2D eigenvalue weighted by Gasteiger charge is -2.28. The lowest BCUT2D eigenvalue weighted by Crippen LogP contribution is -3.04. The fraction of sp³-hybridized carbons (Fsp3) is 0.444. The van der Waals surface area contributed by atoms with Gasteiger partial charge in [0.2, 0.25) is 6.67 Å². The Labute approximate surface area is 90.0 Å². The van der Waals surface area contributed by atoms with E-state index >= 15 is 0 Å². The Morgan fingerprint density at radius 1 is 1.87 bits per heavy atom. The SMILES string of the molecule is C#[N+]N(/C=C(/C)N)C[NH+]1C=C(C)N(C)[N-]1. The highest BCUT2D eigenvalue weighted by molar-refractivity contribution is 4.98. The highest BCUT2D eigenvalue weighted by atomic mass is 15.8. The molecule has 0 aromatic carbocycles. The van der Waals surface area contributed by atoms with Gasteiger partial charge in [-0.3, -0.25) is 0 Å². The molecule has 82 valence electrons. The molecule has 1 heterocycles. The molecule has 0 saturated heterocycles. The van der Waals surface area contributed by atoms with Crippen LogP contribution in [0.1, 0.15) is 13.8 Å². The average Bonchev–Trinajstić information content (AvgIpc) is 2.44. The summed E-state index contributed by atoms with van der Waals surface area (Å²) in [5, 5.41) is 4.27. The van der Waals surface area contributed by atoms with Crippen molar-refractivity contribution in [3.63, 3.8) is 0 Å². The van der Waals surface area contributed by atoms with Gasteiger partial charge in [-0.15, -0.1) is 0 Å². The van der Waals surface area contributed by atoms with Gasteiger partial charge in [0, 0.05) is 16.4 Å². The third-order valence-electron chi connectivity index (χ3n) is 1.99. The molecule has 0 aromatic rings. The predicted octanol–water partition coefficient (Wildman–Crippen LogP) is -0.161. The number of hydrogen-bond donors (Lipinski definition) is 2. The van der Waals surface area contributed by atoms with Gasteiger partial charge in [-0.2, -0.15) is 0 Å². The van der Waals surface area contributed by atoms with E-state index in [4.69, 9.17) is 12.3 Å². The van der Waals surface area contributed by atoms with Gasteiger partial charge in [0.1, 0.15) is 12.4 Å². The first-order chi connectivity index (χ1) is 7.02. The van der Waals surface area contributed by atoms with E-state index in [2.05, 4.69) is 10.5 Å². The van der Waals surface area contributed by atoms with Crippen molar-refractivity contribution in [3.05, 3.63) is 34.3 Å². The van der Waals surface area contributed by atoms with Gasteiger partial charge in [-0.25, -0.2) is 0 Å². The molecule has 0 aliphatic carbocycles. The third-order valence-corrected chi connectivity index (χ3v) is 1.99. The molecule has 1 atom stereocenters. The second-order valence-electron chi connectivity index (χ2n) is 3.49. The van der Waals surface area contributed by atoms with Crippen LogP contribution < -0.4 is 10.7 Å². The summed E-state index contributed by atoms with van der Waals surface area (Å²) in [6, 6.07) is 0. The van der Waals surface area contributed by atoms with Gasteiger partial charge in [0.15, 0.2) is 0 Å². The number of rotatable bonds is 3. The number of hydrogen-bond acceptors (Lipinski definition) is 3. The standard InChI is InChI=1S/C9H17N6/c1-8(10)5-14(11-3)7-15-6-9(2)13(4)12-15/h3,5-6,15H,7,10H2,1-2,4H3/q+1/b8-5-. The topological polar surface area (TPSA) is 55.4 Å². The highest BCUT2D eigenvalue weighted by Gasteiger charge is 2.16. The summed E-state index contributed by atoms with van der Waals surface area (Å²) >= 11 is 0. The molecule has 0 bridgehead atoms. The summed E-state index contributed by atoms with van der Waals surface area (Å²) in [5.74, 6) is 0. The number of nitrogens with two attached hydrogens (primary N) is 1. The molecule has 0 saturated carbocycles. The Kier molecular flexibility index (Phi) is 3.55. The first-order valence-corrected chi connectivity index (χ1v) is 4.64. The van der Waals surface area contributed by atoms with Gasteiger partial charge in [-0.1, -0.05) is 0 Å². The minimum Gasteiger partial charge on any atom is -0.428 e. The van der Waals surface area contributed by atoms with Crippen LogP contribution >= 0.6 is 0 Å². The van der Waals surface area contributed by atoms with Crippen LogP contribution in [0.3, 0.4) is 0 Å². The summed E-state index contributed by atoms with van der Waals surface area (Å²) in [6.07, 6.45) is 3.65. The van der Waals surface area contributed by atoms with Crippen LogP contribution in [0.5, 0.6) is 0 Å². The van der Waals surface area contributed by atoms with Crippen molar-refractivity contribution in [2.45, 2.75) is 13.8 Å². The van der Waals surface area contributed by atoms with Gasteiger partial charge in [0.05, 0.1) is 4.95 Å².